The third kappa shape index (κ3) is 6.27. The van der Waals surface area contributed by atoms with Crippen molar-refractivity contribution in [2.45, 2.75) is 43.5 Å². The lowest BCUT2D eigenvalue weighted by Gasteiger charge is -2.31. The molecule has 0 radical (unpaired) electrons. The zero-order chi connectivity index (χ0) is 27.4. The van der Waals surface area contributed by atoms with Crippen LogP contribution in [0.25, 0.3) is 11.4 Å². The minimum absolute atomic E-state index is 0.150. The zero-order valence-corrected chi connectivity index (χ0v) is 23.4. The maximum Gasteiger partial charge on any atom is 0.243 e. The molecule has 208 valence electrons. The number of hydrogen-bond acceptors (Lipinski definition) is 8. The Labute approximate surface area is 233 Å². The van der Waals surface area contributed by atoms with Gasteiger partial charge in [0.2, 0.25) is 27.6 Å². The van der Waals surface area contributed by atoms with Crippen LogP contribution in [0, 0.1) is 5.92 Å². The van der Waals surface area contributed by atoms with Crippen molar-refractivity contribution >= 4 is 33.2 Å². The van der Waals surface area contributed by atoms with Gasteiger partial charge in [-0.05, 0) is 62.6 Å². The van der Waals surface area contributed by atoms with E-state index in [1.807, 2.05) is 18.2 Å². The number of carbonyl (C=O) groups excluding carboxylic acids is 1. The SMILES string of the molecule is COc1ccc(S(=O)(=O)N2CCCCC2)cc1NC(=O)C1CCCN(Cc2nc(-c3ccccc3Cl)no2)C1. The topological polar surface area (TPSA) is 118 Å². The van der Waals surface area contributed by atoms with Gasteiger partial charge >= 0.3 is 0 Å². The first kappa shape index (κ1) is 27.6. The summed E-state index contributed by atoms with van der Waals surface area (Å²) in [5.41, 5.74) is 1.04. The molecule has 0 spiro atoms. The lowest BCUT2D eigenvalue weighted by Crippen LogP contribution is -2.40. The van der Waals surface area contributed by atoms with E-state index >= 15 is 0 Å². The molecule has 2 aliphatic heterocycles. The number of anilines is 1. The monoisotopic (exact) mass is 573 g/mol. The van der Waals surface area contributed by atoms with Crippen LogP contribution in [0.5, 0.6) is 5.75 Å². The molecule has 1 amide bonds. The molecule has 5 rings (SSSR count). The molecule has 10 nitrogen and oxygen atoms in total. The van der Waals surface area contributed by atoms with Crippen molar-refractivity contribution in [3.8, 4) is 17.1 Å². The van der Waals surface area contributed by atoms with Gasteiger partial charge in [-0.3, -0.25) is 9.69 Å². The number of carbonyl (C=O) groups is 1. The number of sulfonamides is 1. The first-order valence-electron chi connectivity index (χ1n) is 13.1. The van der Waals surface area contributed by atoms with Gasteiger partial charge in [-0.25, -0.2) is 8.42 Å². The van der Waals surface area contributed by atoms with Crippen molar-refractivity contribution in [1.29, 1.82) is 0 Å². The van der Waals surface area contributed by atoms with Crippen molar-refractivity contribution in [1.82, 2.24) is 19.3 Å². The van der Waals surface area contributed by atoms with Gasteiger partial charge in [0.05, 0.1) is 35.2 Å². The molecule has 12 heteroatoms. The number of rotatable bonds is 8. The van der Waals surface area contributed by atoms with Gasteiger partial charge in [-0.2, -0.15) is 9.29 Å². The predicted octanol–water partition coefficient (Wildman–Crippen LogP) is 4.42. The summed E-state index contributed by atoms with van der Waals surface area (Å²) in [5.74, 6) is 0.799. The summed E-state index contributed by atoms with van der Waals surface area (Å²) in [4.78, 5) is 20.0. The van der Waals surface area contributed by atoms with Gasteiger partial charge < -0.3 is 14.6 Å². The molecule has 2 aliphatic rings. The molecule has 39 heavy (non-hydrogen) atoms. The molecular weight excluding hydrogens is 542 g/mol. The molecule has 2 fully saturated rings. The highest BCUT2D eigenvalue weighted by Crippen LogP contribution is 2.31. The molecule has 1 N–H and O–H groups in total. The van der Waals surface area contributed by atoms with Gasteiger partial charge in [0.1, 0.15) is 5.75 Å². The van der Waals surface area contributed by atoms with Crippen molar-refractivity contribution < 1.29 is 22.5 Å². The first-order chi connectivity index (χ1) is 18.8. The van der Waals surface area contributed by atoms with Crippen molar-refractivity contribution in [2.24, 2.45) is 5.92 Å². The van der Waals surface area contributed by atoms with Crippen LogP contribution in [-0.2, 0) is 21.4 Å². The second-order valence-corrected chi connectivity index (χ2v) is 12.2. The van der Waals surface area contributed by atoms with Crippen LogP contribution in [0.2, 0.25) is 5.02 Å². The average molecular weight is 574 g/mol. The fourth-order valence-corrected chi connectivity index (χ4v) is 6.87. The van der Waals surface area contributed by atoms with E-state index in [2.05, 4.69) is 20.4 Å². The molecule has 0 saturated carbocycles. The highest BCUT2D eigenvalue weighted by atomic mass is 35.5. The van der Waals surface area contributed by atoms with Crippen LogP contribution in [-0.4, -0.2) is 67.0 Å². The van der Waals surface area contributed by atoms with Crippen LogP contribution >= 0.6 is 11.6 Å². The minimum Gasteiger partial charge on any atom is -0.495 e. The fourth-order valence-electron chi connectivity index (χ4n) is 5.11. The number of piperidine rings is 2. The number of likely N-dealkylation sites (tertiary alicyclic amines) is 1. The molecule has 1 atom stereocenters. The Hall–Kier alpha value is -2.99. The van der Waals surface area contributed by atoms with Crippen LogP contribution in [0.1, 0.15) is 38.0 Å². The van der Waals surface area contributed by atoms with Crippen molar-refractivity contribution in [3.05, 3.63) is 53.4 Å². The van der Waals surface area contributed by atoms with E-state index < -0.39 is 10.0 Å². The normalized spacial score (nSPS) is 19.1. The summed E-state index contributed by atoms with van der Waals surface area (Å²) >= 11 is 6.25. The van der Waals surface area contributed by atoms with E-state index in [0.717, 1.165) is 32.2 Å². The van der Waals surface area contributed by atoms with E-state index in [9.17, 15) is 13.2 Å². The molecule has 0 bridgehead atoms. The third-order valence-corrected chi connectivity index (χ3v) is 9.42. The molecule has 1 aromatic heterocycles. The molecule has 3 heterocycles. The van der Waals surface area contributed by atoms with E-state index in [1.165, 1.54) is 23.5 Å². The van der Waals surface area contributed by atoms with Crippen LogP contribution in [0.15, 0.2) is 51.9 Å². The van der Waals surface area contributed by atoms with Crippen LogP contribution in [0.4, 0.5) is 5.69 Å². The maximum absolute atomic E-state index is 13.3. The quantitative estimate of drug-likeness (QED) is 0.421. The fraction of sp³-hybridized carbons (Fsp3) is 0.444. The zero-order valence-electron chi connectivity index (χ0n) is 21.8. The van der Waals surface area contributed by atoms with Gasteiger partial charge in [-0.1, -0.05) is 35.3 Å². The van der Waals surface area contributed by atoms with E-state index in [-0.39, 0.29) is 16.7 Å². The number of halogens is 1. The Bertz CT molecular complexity index is 1420. The average Bonchev–Trinajstić information content (AvgIpc) is 3.42. The summed E-state index contributed by atoms with van der Waals surface area (Å²) < 4.78 is 38.8. The maximum atomic E-state index is 13.3. The third-order valence-electron chi connectivity index (χ3n) is 7.20. The number of nitrogens with one attached hydrogen (secondary N) is 1. The number of nitrogens with zero attached hydrogens (tertiary/aromatic N) is 4. The van der Waals surface area contributed by atoms with E-state index in [1.54, 1.807) is 12.1 Å². The molecular formula is C27H32ClN5O5S. The lowest BCUT2D eigenvalue weighted by atomic mass is 9.97. The van der Waals surface area contributed by atoms with Crippen LogP contribution in [0.3, 0.4) is 0 Å². The minimum atomic E-state index is -3.65. The number of aromatic nitrogens is 2. The van der Waals surface area contributed by atoms with E-state index in [4.69, 9.17) is 20.9 Å². The lowest BCUT2D eigenvalue weighted by molar-refractivity contribution is -0.121. The molecule has 2 aromatic carbocycles. The van der Waals surface area contributed by atoms with E-state index in [0.29, 0.717) is 66.3 Å². The summed E-state index contributed by atoms with van der Waals surface area (Å²) in [7, 11) is -2.15. The second kappa shape index (κ2) is 12.0. The number of amides is 1. The van der Waals surface area contributed by atoms with Gasteiger partial charge in [-0.15, -0.1) is 0 Å². The van der Waals surface area contributed by atoms with Crippen molar-refractivity contribution in [3.63, 3.8) is 0 Å². The van der Waals surface area contributed by atoms with Gasteiger partial charge in [0, 0.05) is 25.2 Å². The number of methoxy groups -OCH3 is 1. The summed E-state index contributed by atoms with van der Waals surface area (Å²) in [6, 6.07) is 11.9. The number of ether oxygens (including phenoxy) is 1. The largest absolute Gasteiger partial charge is 0.495 e. The Morgan fingerprint density at radius 2 is 1.92 bits per heavy atom. The summed E-state index contributed by atoms with van der Waals surface area (Å²) in [6.45, 7) is 2.72. The van der Waals surface area contributed by atoms with Gasteiger partial charge in [0.15, 0.2) is 0 Å². The van der Waals surface area contributed by atoms with Crippen LogP contribution < -0.4 is 10.1 Å². The Morgan fingerprint density at radius 1 is 1.13 bits per heavy atom. The predicted molar refractivity (Wildman–Crippen MR) is 147 cm³/mol. The van der Waals surface area contributed by atoms with Crippen molar-refractivity contribution in [2.75, 3.05) is 38.6 Å². The molecule has 3 aromatic rings. The summed E-state index contributed by atoms with van der Waals surface area (Å²) in [5, 5.41) is 7.53. The highest BCUT2D eigenvalue weighted by molar-refractivity contribution is 7.89. The smallest absolute Gasteiger partial charge is 0.243 e. The highest BCUT2D eigenvalue weighted by Gasteiger charge is 2.30. The second-order valence-electron chi connectivity index (χ2n) is 9.88. The molecule has 0 aliphatic carbocycles. The standard InChI is InChI=1S/C27H32ClN5O5S/c1-37-24-12-11-20(39(35,36)33-14-5-2-6-15-33)16-23(24)29-27(34)19-8-7-13-32(17-19)18-25-30-26(31-38-25)21-9-3-4-10-22(21)28/h3-4,9-12,16,19H,2,5-8,13-15,17-18H2,1H3,(H,29,34). The Kier molecular flexibility index (Phi) is 8.51. The Morgan fingerprint density at radius 3 is 2.69 bits per heavy atom. The molecule has 2 saturated heterocycles. The first-order valence-corrected chi connectivity index (χ1v) is 15.0. The Balaban J connectivity index is 1.25. The molecule has 1 unspecified atom stereocenters. The summed E-state index contributed by atoms with van der Waals surface area (Å²) in [6.07, 6.45) is 4.27. The van der Waals surface area contributed by atoms with Gasteiger partial charge in [0.25, 0.3) is 0 Å². The number of benzene rings is 2. The number of hydrogen-bond donors (Lipinski definition) is 1.